The van der Waals surface area contributed by atoms with E-state index < -0.39 is 17.5 Å². The Morgan fingerprint density at radius 2 is 1.69 bits per heavy atom. The molecule has 0 nitrogen and oxygen atoms in total. The smallest absolute Gasteiger partial charge is 0.133 e. The molecule has 16 heavy (non-hydrogen) atoms. The minimum absolute atomic E-state index is 0.0718. The number of halogens is 4. The number of rotatable bonds is 5. The monoisotopic (exact) mass is 294 g/mol. The second kappa shape index (κ2) is 6.28. The van der Waals surface area contributed by atoms with Crippen LogP contribution in [0.5, 0.6) is 0 Å². The summed E-state index contributed by atoms with van der Waals surface area (Å²) >= 11 is 3.24. The Morgan fingerprint density at radius 3 is 2.19 bits per heavy atom. The van der Waals surface area contributed by atoms with Crippen molar-refractivity contribution in [2.75, 3.05) is 0 Å². The van der Waals surface area contributed by atoms with Crippen LogP contribution in [0.1, 0.15) is 43.0 Å². The largest absolute Gasteiger partial charge is 0.207 e. The summed E-state index contributed by atoms with van der Waals surface area (Å²) in [6.45, 7) is 2.06. The van der Waals surface area contributed by atoms with Crippen LogP contribution in [0.2, 0.25) is 0 Å². The van der Waals surface area contributed by atoms with Crippen molar-refractivity contribution < 1.29 is 13.2 Å². The summed E-state index contributed by atoms with van der Waals surface area (Å²) < 4.78 is 39.4. The fourth-order valence-corrected chi connectivity index (χ4v) is 2.33. The van der Waals surface area contributed by atoms with Crippen LogP contribution in [-0.2, 0) is 0 Å². The van der Waals surface area contributed by atoms with Crippen molar-refractivity contribution in [2.45, 2.75) is 37.4 Å². The maximum absolute atomic E-state index is 13.4. The zero-order valence-electron chi connectivity index (χ0n) is 9.07. The summed E-state index contributed by atoms with van der Waals surface area (Å²) in [5.74, 6) is -2.53. The van der Waals surface area contributed by atoms with E-state index in [1.165, 1.54) is 0 Å². The van der Waals surface area contributed by atoms with E-state index in [1.807, 2.05) is 0 Å². The molecule has 0 radical (unpaired) electrons. The first kappa shape index (κ1) is 13.6. The van der Waals surface area contributed by atoms with Gasteiger partial charge in [0.15, 0.2) is 0 Å². The van der Waals surface area contributed by atoms with Gasteiger partial charge in [-0.3, -0.25) is 0 Å². The summed E-state index contributed by atoms with van der Waals surface area (Å²) in [7, 11) is 0. The third-order valence-corrected chi connectivity index (χ3v) is 3.33. The Morgan fingerprint density at radius 1 is 1.12 bits per heavy atom. The molecule has 1 aromatic rings. The zero-order valence-corrected chi connectivity index (χ0v) is 10.7. The Kier molecular flexibility index (Phi) is 5.32. The second-order valence-electron chi connectivity index (χ2n) is 3.75. The molecule has 1 rings (SSSR count). The van der Waals surface area contributed by atoms with Crippen LogP contribution in [0.4, 0.5) is 13.2 Å². The predicted octanol–water partition coefficient (Wildman–Crippen LogP) is 5.12. The molecule has 0 aromatic heterocycles. The average molecular weight is 295 g/mol. The van der Waals surface area contributed by atoms with E-state index in [9.17, 15) is 13.2 Å². The maximum atomic E-state index is 13.4. The molecule has 0 saturated heterocycles. The average Bonchev–Trinajstić information content (AvgIpc) is 2.16. The summed E-state index contributed by atoms with van der Waals surface area (Å²) in [5, 5.41) is 0. The Labute approximate surface area is 102 Å². The van der Waals surface area contributed by atoms with Crippen molar-refractivity contribution in [1.82, 2.24) is 0 Å². The lowest BCUT2D eigenvalue weighted by atomic mass is 10.0. The zero-order chi connectivity index (χ0) is 12.1. The van der Waals surface area contributed by atoms with Crippen molar-refractivity contribution in [3.8, 4) is 0 Å². The lowest BCUT2D eigenvalue weighted by molar-refractivity contribution is 0.515. The van der Waals surface area contributed by atoms with Gasteiger partial charge in [0.25, 0.3) is 0 Å². The molecule has 0 spiro atoms. The number of alkyl halides is 1. The van der Waals surface area contributed by atoms with Gasteiger partial charge >= 0.3 is 0 Å². The van der Waals surface area contributed by atoms with E-state index >= 15 is 0 Å². The molecule has 1 atom stereocenters. The SMILES string of the molecule is CCCCCC(Br)c1c(F)cc(F)cc1F. The van der Waals surface area contributed by atoms with Crippen LogP contribution in [0.3, 0.4) is 0 Å². The van der Waals surface area contributed by atoms with Crippen LogP contribution in [0.25, 0.3) is 0 Å². The fourth-order valence-electron chi connectivity index (χ4n) is 1.57. The van der Waals surface area contributed by atoms with Gasteiger partial charge in [0, 0.05) is 22.5 Å². The van der Waals surface area contributed by atoms with Gasteiger partial charge in [0.2, 0.25) is 0 Å². The molecule has 0 heterocycles. The van der Waals surface area contributed by atoms with Gasteiger partial charge < -0.3 is 0 Å². The third kappa shape index (κ3) is 3.51. The van der Waals surface area contributed by atoms with E-state index in [0.717, 1.165) is 19.3 Å². The molecule has 0 aliphatic heterocycles. The molecule has 1 unspecified atom stereocenters. The number of hydrogen-bond acceptors (Lipinski definition) is 0. The molecule has 1 aromatic carbocycles. The topological polar surface area (TPSA) is 0 Å². The minimum Gasteiger partial charge on any atom is -0.207 e. The molecule has 90 valence electrons. The van der Waals surface area contributed by atoms with Crippen molar-refractivity contribution in [2.24, 2.45) is 0 Å². The van der Waals surface area contributed by atoms with Crippen LogP contribution in [0, 0.1) is 17.5 Å². The van der Waals surface area contributed by atoms with Gasteiger partial charge in [-0.25, -0.2) is 13.2 Å². The molecule has 0 aliphatic carbocycles. The van der Waals surface area contributed by atoms with E-state index in [4.69, 9.17) is 0 Å². The van der Waals surface area contributed by atoms with Crippen LogP contribution in [-0.4, -0.2) is 0 Å². The molecule has 0 saturated carbocycles. The van der Waals surface area contributed by atoms with Gasteiger partial charge in [0.1, 0.15) is 17.5 Å². The molecule has 0 bridgehead atoms. The van der Waals surface area contributed by atoms with E-state index in [0.29, 0.717) is 18.6 Å². The Balaban J connectivity index is 2.78. The van der Waals surface area contributed by atoms with E-state index in [2.05, 4.69) is 22.9 Å². The molecular formula is C12H14BrF3. The van der Waals surface area contributed by atoms with Crippen molar-refractivity contribution in [3.63, 3.8) is 0 Å². The van der Waals surface area contributed by atoms with Gasteiger partial charge in [-0.1, -0.05) is 42.1 Å². The van der Waals surface area contributed by atoms with Crippen molar-refractivity contribution in [3.05, 3.63) is 35.1 Å². The Bertz CT molecular complexity index is 329. The molecule has 0 amide bonds. The molecular weight excluding hydrogens is 281 g/mol. The van der Waals surface area contributed by atoms with Crippen LogP contribution < -0.4 is 0 Å². The highest BCUT2D eigenvalue weighted by Gasteiger charge is 2.18. The van der Waals surface area contributed by atoms with Crippen molar-refractivity contribution in [1.29, 1.82) is 0 Å². The Hall–Kier alpha value is -0.510. The molecule has 0 N–H and O–H groups in total. The second-order valence-corrected chi connectivity index (χ2v) is 4.85. The van der Waals surface area contributed by atoms with E-state index in [1.54, 1.807) is 0 Å². The first-order chi connectivity index (χ1) is 7.56. The van der Waals surface area contributed by atoms with Gasteiger partial charge in [-0.2, -0.15) is 0 Å². The van der Waals surface area contributed by atoms with E-state index in [-0.39, 0.29) is 10.4 Å². The van der Waals surface area contributed by atoms with Gasteiger partial charge in [0.05, 0.1) is 0 Å². The first-order valence-electron chi connectivity index (χ1n) is 5.34. The van der Waals surface area contributed by atoms with Crippen LogP contribution >= 0.6 is 15.9 Å². The lowest BCUT2D eigenvalue weighted by Gasteiger charge is -2.12. The number of unbranched alkanes of at least 4 members (excludes halogenated alkanes) is 2. The van der Waals surface area contributed by atoms with Gasteiger partial charge in [-0.15, -0.1) is 0 Å². The van der Waals surface area contributed by atoms with Crippen molar-refractivity contribution >= 4 is 15.9 Å². The lowest BCUT2D eigenvalue weighted by Crippen LogP contribution is -2.00. The summed E-state index contributed by atoms with van der Waals surface area (Å²) in [6, 6.07) is 1.43. The molecule has 4 heteroatoms. The maximum Gasteiger partial charge on any atom is 0.133 e. The standard InChI is InChI=1S/C12H14BrF3/c1-2-3-4-5-9(13)12-10(15)6-8(14)7-11(12)16/h6-7,9H,2-5H2,1H3. The summed E-state index contributed by atoms with van der Waals surface area (Å²) in [5.41, 5.74) is -0.0718. The fraction of sp³-hybridized carbons (Fsp3) is 0.500. The third-order valence-electron chi connectivity index (χ3n) is 2.42. The first-order valence-corrected chi connectivity index (χ1v) is 6.26. The normalized spacial score (nSPS) is 12.8. The highest BCUT2D eigenvalue weighted by Crippen LogP contribution is 2.32. The molecule has 0 aliphatic rings. The number of benzene rings is 1. The minimum atomic E-state index is -0.882. The highest BCUT2D eigenvalue weighted by molar-refractivity contribution is 9.09. The quantitative estimate of drug-likeness (QED) is 0.522. The van der Waals surface area contributed by atoms with Crippen LogP contribution in [0.15, 0.2) is 12.1 Å². The summed E-state index contributed by atoms with van der Waals surface area (Å²) in [4.78, 5) is -0.389. The predicted molar refractivity (Wildman–Crippen MR) is 62.1 cm³/mol. The molecule has 0 fully saturated rings. The van der Waals surface area contributed by atoms with Gasteiger partial charge in [-0.05, 0) is 6.42 Å². The highest BCUT2D eigenvalue weighted by atomic mass is 79.9. The number of hydrogen-bond donors (Lipinski definition) is 0. The summed E-state index contributed by atoms with van der Waals surface area (Å²) in [6.07, 6.45) is 3.61.